The molecule has 3 unspecified atom stereocenters. The largest absolute Gasteiger partial charge is 0.422 e. The molecule has 6 nitrogen and oxygen atoms in total. The van der Waals surface area contributed by atoms with Crippen LogP contribution in [0.15, 0.2) is 9.98 Å². The van der Waals surface area contributed by atoms with E-state index in [1.54, 1.807) is 6.26 Å². The highest BCUT2D eigenvalue weighted by Gasteiger charge is 2.35. The van der Waals surface area contributed by atoms with Gasteiger partial charge in [0.15, 0.2) is 0 Å². The molecule has 15 heavy (non-hydrogen) atoms. The average molecular weight is 207 g/mol. The Morgan fingerprint density at radius 2 is 1.93 bits per heavy atom. The zero-order valence-electron chi connectivity index (χ0n) is 7.92. The molecule has 1 fully saturated rings. The normalized spacial score (nSPS) is 29.1. The van der Waals surface area contributed by atoms with Crippen LogP contribution in [0.1, 0.15) is 19.3 Å². The first kappa shape index (κ1) is 11.1. The highest BCUT2D eigenvalue weighted by Crippen LogP contribution is 2.26. The van der Waals surface area contributed by atoms with E-state index in [0.29, 0.717) is 12.8 Å². The number of nitrogens with zero attached hydrogens (tertiary/aromatic N) is 3. The van der Waals surface area contributed by atoms with Gasteiger partial charge in [0, 0.05) is 0 Å². The van der Waals surface area contributed by atoms with Gasteiger partial charge < -0.3 is 4.74 Å². The summed E-state index contributed by atoms with van der Waals surface area (Å²) in [5, 5.41) is 8.40. The molecule has 78 valence electrons. The summed E-state index contributed by atoms with van der Waals surface area (Å²) in [6.07, 6.45) is 5.94. The molecule has 3 atom stereocenters. The third kappa shape index (κ3) is 2.75. The monoisotopic (exact) mass is 207 g/mol. The van der Waals surface area contributed by atoms with Crippen molar-refractivity contribution in [2.45, 2.75) is 37.5 Å². The van der Waals surface area contributed by atoms with Gasteiger partial charge in [-0.25, -0.2) is 14.6 Å². The third-order valence-corrected chi connectivity index (χ3v) is 2.39. The molecule has 0 heterocycles. The first-order chi connectivity index (χ1) is 7.33. The number of carbonyl (C=O) groups excluding carboxylic acids is 2. The van der Waals surface area contributed by atoms with Gasteiger partial charge in [-0.05, 0) is 19.3 Å². The van der Waals surface area contributed by atoms with E-state index in [4.69, 9.17) is 10.00 Å². The van der Waals surface area contributed by atoms with Crippen LogP contribution in [0.2, 0.25) is 0 Å². The van der Waals surface area contributed by atoms with Crippen molar-refractivity contribution in [2.24, 2.45) is 9.98 Å². The van der Waals surface area contributed by atoms with E-state index >= 15 is 0 Å². The first-order valence-electron chi connectivity index (χ1n) is 4.52. The van der Waals surface area contributed by atoms with Gasteiger partial charge >= 0.3 is 0 Å². The predicted molar refractivity (Wildman–Crippen MR) is 48.2 cm³/mol. The predicted octanol–water partition coefficient (Wildman–Crippen LogP) is 0.445. The van der Waals surface area contributed by atoms with Crippen LogP contribution < -0.4 is 0 Å². The van der Waals surface area contributed by atoms with Crippen LogP contribution in [-0.2, 0) is 14.3 Å². The van der Waals surface area contributed by atoms with Gasteiger partial charge in [0.05, 0.1) is 6.04 Å². The Hall–Kier alpha value is -1.95. The molecule has 1 aliphatic carbocycles. The molecule has 1 saturated carbocycles. The molecule has 0 N–H and O–H groups in total. The van der Waals surface area contributed by atoms with Crippen molar-refractivity contribution < 1.29 is 14.3 Å². The molecular weight excluding hydrogens is 198 g/mol. The Kier molecular flexibility index (Phi) is 4.24. The second-order valence-corrected chi connectivity index (χ2v) is 3.18. The Morgan fingerprint density at radius 3 is 2.53 bits per heavy atom. The minimum Gasteiger partial charge on any atom is -0.422 e. The number of rotatable bonds is 3. The van der Waals surface area contributed by atoms with E-state index in [1.165, 1.54) is 12.2 Å². The number of ether oxygens (including phenoxy) is 1. The van der Waals surface area contributed by atoms with Crippen molar-refractivity contribution in [1.82, 2.24) is 0 Å². The maximum absolute atomic E-state index is 10.2. The highest BCUT2D eigenvalue weighted by atomic mass is 16.5. The molecular formula is C9H9N3O3. The summed E-state index contributed by atoms with van der Waals surface area (Å²) in [5.41, 5.74) is 0. The molecule has 0 radical (unpaired) electrons. The van der Waals surface area contributed by atoms with Crippen LogP contribution in [-0.4, -0.2) is 30.3 Å². The Bertz CT molecular complexity index is 350. The molecule has 0 saturated heterocycles. The van der Waals surface area contributed by atoms with E-state index in [0.717, 1.165) is 6.42 Å². The standard InChI is InChI=1S/C9H9N3O3/c10-4-15-8-3-1-2-7(11-5-13)9(8)12-6-14/h7-9H,1-3H2. The van der Waals surface area contributed by atoms with E-state index in [2.05, 4.69) is 9.98 Å². The smallest absolute Gasteiger partial charge is 0.286 e. The zero-order chi connectivity index (χ0) is 11.1. The Morgan fingerprint density at radius 1 is 1.20 bits per heavy atom. The molecule has 0 aromatic rings. The van der Waals surface area contributed by atoms with Crippen molar-refractivity contribution in [3.8, 4) is 6.26 Å². The van der Waals surface area contributed by atoms with E-state index in [1.807, 2.05) is 0 Å². The lowest BCUT2D eigenvalue weighted by Crippen LogP contribution is -2.39. The van der Waals surface area contributed by atoms with Crippen LogP contribution in [0.4, 0.5) is 0 Å². The number of hydrogen-bond acceptors (Lipinski definition) is 6. The van der Waals surface area contributed by atoms with Crippen LogP contribution in [0.5, 0.6) is 0 Å². The van der Waals surface area contributed by atoms with Gasteiger partial charge in [-0.15, -0.1) is 0 Å². The number of nitriles is 1. The van der Waals surface area contributed by atoms with Gasteiger partial charge in [0.1, 0.15) is 12.1 Å². The summed E-state index contributed by atoms with van der Waals surface area (Å²) in [6, 6.07) is -1.03. The molecule has 0 aliphatic heterocycles. The lowest BCUT2D eigenvalue weighted by molar-refractivity contribution is 0.0916. The summed E-state index contributed by atoms with van der Waals surface area (Å²) in [6.45, 7) is 0. The summed E-state index contributed by atoms with van der Waals surface area (Å²) in [7, 11) is 0. The van der Waals surface area contributed by atoms with Crippen molar-refractivity contribution in [1.29, 1.82) is 5.26 Å². The van der Waals surface area contributed by atoms with Gasteiger partial charge in [-0.1, -0.05) is 0 Å². The van der Waals surface area contributed by atoms with Crippen LogP contribution in [0.3, 0.4) is 0 Å². The number of isocyanates is 2. The summed E-state index contributed by atoms with van der Waals surface area (Å²) >= 11 is 0. The first-order valence-corrected chi connectivity index (χ1v) is 4.52. The minimum atomic E-state index is -0.600. The van der Waals surface area contributed by atoms with Gasteiger partial charge in [-0.2, -0.15) is 10.3 Å². The van der Waals surface area contributed by atoms with Gasteiger partial charge in [-0.3, -0.25) is 0 Å². The molecule has 0 amide bonds. The second-order valence-electron chi connectivity index (χ2n) is 3.18. The van der Waals surface area contributed by atoms with Gasteiger partial charge in [0.2, 0.25) is 12.2 Å². The Labute approximate surface area is 86.3 Å². The lowest BCUT2D eigenvalue weighted by atomic mass is 9.88. The van der Waals surface area contributed by atoms with E-state index in [9.17, 15) is 9.59 Å². The van der Waals surface area contributed by atoms with Crippen molar-refractivity contribution >= 4 is 12.2 Å². The second kappa shape index (κ2) is 5.71. The minimum absolute atomic E-state index is 0.434. The molecule has 0 aromatic carbocycles. The molecule has 1 aliphatic rings. The highest BCUT2D eigenvalue weighted by molar-refractivity contribution is 5.36. The maximum atomic E-state index is 10.2. The molecule has 1 rings (SSSR count). The number of aliphatic imine (C=N–C) groups is 2. The maximum Gasteiger partial charge on any atom is 0.286 e. The Balaban J connectivity index is 2.84. The average Bonchev–Trinajstić information content (AvgIpc) is 2.23. The summed E-state index contributed by atoms with van der Waals surface area (Å²) in [5.74, 6) is 0. The SMILES string of the molecule is N#COC1CCCC(N=C=O)C1N=C=O. The van der Waals surface area contributed by atoms with Crippen molar-refractivity contribution in [2.75, 3.05) is 0 Å². The topological polar surface area (TPSA) is 91.9 Å². The quantitative estimate of drug-likeness (QED) is 0.381. The van der Waals surface area contributed by atoms with Crippen LogP contribution in [0.25, 0.3) is 0 Å². The number of hydrogen-bond donors (Lipinski definition) is 0. The van der Waals surface area contributed by atoms with Crippen molar-refractivity contribution in [3.63, 3.8) is 0 Å². The van der Waals surface area contributed by atoms with Crippen LogP contribution in [0, 0.1) is 11.5 Å². The zero-order valence-corrected chi connectivity index (χ0v) is 7.92. The van der Waals surface area contributed by atoms with Crippen LogP contribution >= 0.6 is 0 Å². The molecule has 0 aromatic heterocycles. The van der Waals surface area contributed by atoms with E-state index in [-0.39, 0.29) is 0 Å². The molecule has 0 bridgehead atoms. The summed E-state index contributed by atoms with van der Waals surface area (Å²) in [4.78, 5) is 27.4. The fourth-order valence-corrected chi connectivity index (χ4v) is 1.75. The van der Waals surface area contributed by atoms with E-state index < -0.39 is 18.2 Å². The third-order valence-electron chi connectivity index (χ3n) is 2.39. The molecule has 6 heteroatoms. The lowest BCUT2D eigenvalue weighted by Gasteiger charge is -2.29. The fraction of sp³-hybridized carbons (Fsp3) is 0.667. The summed E-state index contributed by atoms with van der Waals surface area (Å²) < 4.78 is 4.77. The van der Waals surface area contributed by atoms with Crippen molar-refractivity contribution in [3.05, 3.63) is 0 Å². The van der Waals surface area contributed by atoms with Gasteiger partial charge in [0.25, 0.3) is 6.26 Å². The fourth-order valence-electron chi connectivity index (χ4n) is 1.75. The molecule has 0 spiro atoms.